The number of hydrogen-bond donors (Lipinski definition) is 1. The van der Waals surface area contributed by atoms with Gasteiger partial charge >= 0.3 is 5.97 Å². The van der Waals surface area contributed by atoms with E-state index in [4.69, 9.17) is 4.74 Å². The van der Waals surface area contributed by atoms with Crippen LogP contribution in [0.4, 0.5) is 11.4 Å². The predicted molar refractivity (Wildman–Crippen MR) is 92.7 cm³/mol. The van der Waals surface area contributed by atoms with Crippen LogP contribution in [0.25, 0.3) is 0 Å². The van der Waals surface area contributed by atoms with E-state index in [1.165, 1.54) is 4.90 Å². The van der Waals surface area contributed by atoms with Crippen LogP contribution in [0.2, 0.25) is 0 Å². The van der Waals surface area contributed by atoms with Crippen molar-refractivity contribution in [2.45, 2.75) is 26.0 Å². The lowest BCUT2D eigenvalue weighted by atomic mass is 9.98. The van der Waals surface area contributed by atoms with Gasteiger partial charge in [0.05, 0.1) is 11.4 Å². The lowest BCUT2D eigenvalue weighted by Gasteiger charge is -2.39. The molecule has 5 heteroatoms. The molecule has 0 saturated heterocycles. The SMILES string of the molecule is CC1(C)Nc2ccccc2N(CC(=O)OCc2ccccc2)C1=O. The van der Waals surface area contributed by atoms with Gasteiger partial charge in [0.15, 0.2) is 0 Å². The quantitative estimate of drug-likeness (QED) is 0.879. The number of carbonyl (C=O) groups is 2. The molecule has 0 unspecified atom stereocenters. The van der Waals surface area contributed by atoms with E-state index in [-0.39, 0.29) is 19.1 Å². The topological polar surface area (TPSA) is 58.6 Å². The molecular weight excluding hydrogens is 304 g/mol. The monoisotopic (exact) mass is 324 g/mol. The van der Waals surface area contributed by atoms with E-state index >= 15 is 0 Å². The first-order valence-corrected chi connectivity index (χ1v) is 7.86. The molecule has 0 spiro atoms. The maximum Gasteiger partial charge on any atom is 0.326 e. The summed E-state index contributed by atoms with van der Waals surface area (Å²) in [7, 11) is 0. The normalized spacial score (nSPS) is 15.4. The molecule has 0 bridgehead atoms. The largest absolute Gasteiger partial charge is 0.459 e. The first-order valence-electron chi connectivity index (χ1n) is 7.86. The summed E-state index contributed by atoms with van der Waals surface area (Å²) in [5.74, 6) is -0.586. The standard InChI is InChI=1S/C19H20N2O3/c1-19(2)18(23)21(16-11-7-6-10-15(16)20-19)12-17(22)24-13-14-8-4-3-5-9-14/h3-11,20H,12-13H2,1-2H3. The molecule has 3 rings (SSSR count). The summed E-state index contributed by atoms with van der Waals surface area (Å²) in [5.41, 5.74) is 1.67. The maximum atomic E-state index is 12.7. The van der Waals surface area contributed by atoms with Crippen molar-refractivity contribution in [3.05, 3.63) is 60.2 Å². The summed E-state index contributed by atoms with van der Waals surface area (Å²) in [6, 6.07) is 16.9. The molecule has 0 aromatic heterocycles. The van der Waals surface area contributed by atoms with Crippen molar-refractivity contribution in [2.75, 3.05) is 16.8 Å². The molecule has 1 heterocycles. The maximum absolute atomic E-state index is 12.7. The third kappa shape index (κ3) is 3.25. The van der Waals surface area contributed by atoms with Gasteiger partial charge in [0.2, 0.25) is 0 Å². The zero-order chi connectivity index (χ0) is 17.2. The Labute approximate surface area is 141 Å². The molecule has 0 radical (unpaired) electrons. The Morgan fingerprint density at radius 3 is 2.50 bits per heavy atom. The second kappa shape index (κ2) is 6.35. The number of benzene rings is 2. The van der Waals surface area contributed by atoms with Crippen LogP contribution in [0.5, 0.6) is 0 Å². The van der Waals surface area contributed by atoms with Crippen molar-refractivity contribution in [1.82, 2.24) is 0 Å². The van der Waals surface area contributed by atoms with E-state index in [0.717, 1.165) is 11.3 Å². The van der Waals surface area contributed by atoms with Gasteiger partial charge in [0.1, 0.15) is 18.7 Å². The molecule has 1 N–H and O–H groups in total. The number of rotatable bonds is 4. The van der Waals surface area contributed by atoms with Crippen molar-refractivity contribution >= 4 is 23.3 Å². The highest BCUT2D eigenvalue weighted by Crippen LogP contribution is 2.34. The Balaban J connectivity index is 1.73. The van der Waals surface area contributed by atoms with Crippen molar-refractivity contribution in [1.29, 1.82) is 0 Å². The molecule has 1 aliphatic rings. The number of para-hydroxylation sites is 2. The minimum absolute atomic E-state index is 0.103. The summed E-state index contributed by atoms with van der Waals surface area (Å²) in [6.07, 6.45) is 0. The molecule has 2 aromatic carbocycles. The van der Waals surface area contributed by atoms with Gasteiger partial charge in [-0.2, -0.15) is 0 Å². The number of amides is 1. The molecule has 0 fully saturated rings. The third-order valence-electron chi connectivity index (χ3n) is 3.95. The van der Waals surface area contributed by atoms with E-state index in [1.807, 2.05) is 54.6 Å². The van der Waals surface area contributed by atoms with Crippen LogP contribution < -0.4 is 10.2 Å². The van der Waals surface area contributed by atoms with Crippen LogP contribution in [0.3, 0.4) is 0 Å². The van der Waals surface area contributed by atoms with Crippen LogP contribution in [0, 0.1) is 0 Å². The van der Waals surface area contributed by atoms with Gasteiger partial charge in [-0.05, 0) is 31.5 Å². The van der Waals surface area contributed by atoms with Crippen LogP contribution >= 0.6 is 0 Å². The van der Waals surface area contributed by atoms with Gasteiger partial charge in [0, 0.05) is 0 Å². The highest BCUT2D eigenvalue weighted by molar-refractivity contribution is 6.09. The fraction of sp³-hybridized carbons (Fsp3) is 0.263. The molecular formula is C19H20N2O3. The lowest BCUT2D eigenvalue weighted by molar-refractivity contribution is -0.144. The minimum Gasteiger partial charge on any atom is -0.459 e. The summed E-state index contributed by atoms with van der Waals surface area (Å²) >= 11 is 0. The van der Waals surface area contributed by atoms with Crippen LogP contribution in [0.1, 0.15) is 19.4 Å². The van der Waals surface area contributed by atoms with Crippen molar-refractivity contribution in [3.63, 3.8) is 0 Å². The predicted octanol–water partition coefficient (Wildman–Crippen LogP) is 2.97. The molecule has 5 nitrogen and oxygen atoms in total. The fourth-order valence-electron chi connectivity index (χ4n) is 2.72. The van der Waals surface area contributed by atoms with Gasteiger partial charge in [-0.3, -0.25) is 14.5 Å². The second-order valence-electron chi connectivity index (χ2n) is 6.30. The van der Waals surface area contributed by atoms with Crippen molar-refractivity contribution < 1.29 is 14.3 Å². The van der Waals surface area contributed by atoms with Crippen molar-refractivity contribution in [2.24, 2.45) is 0 Å². The highest BCUT2D eigenvalue weighted by Gasteiger charge is 2.39. The number of nitrogens with one attached hydrogen (secondary N) is 1. The molecule has 124 valence electrons. The first-order chi connectivity index (χ1) is 11.5. The number of fused-ring (bicyclic) bond motifs is 1. The highest BCUT2D eigenvalue weighted by atomic mass is 16.5. The number of nitrogens with zero attached hydrogens (tertiary/aromatic N) is 1. The first kappa shape index (κ1) is 16.1. The van der Waals surface area contributed by atoms with Gasteiger partial charge < -0.3 is 10.1 Å². The molecule has 1 aliphatic heterocycles. The lowest BCUT2D eigenvalue weighted by Crippen LogP contribution is -2.55. The Hall–Kier alpha value is -2.82. The fourth-order valence-corrected chi connectivity index (χ4v) is 2.72. The number of hydrogen-bond acceptors (Lipinski definition) is 4. The summed E-state index contributed by atoms with van der Waals surface area (Å²) in [6.45, 7) is 3.69. The zero-order valence-electron chi connectivity index (χ0n) is 13.8. The van der Waals surface area contributed by atoms with E-state index in [9.17, 15) is 9.59 Å². The molecule has 2 aromatic rings. The summed E-state index contributed by atoms with van der Waals surface area (Å²) < 4.78 is 5.31. The molecule has 0 atom stereocenters. The molecule has 1 amide bonds. The zero-order valence-corrected chi connectivity index (χ0v) is 13.8. The number of ether oxygens (including phenoxy) is 1. The number of esters is 1. The van der Waals surface area contributed by atoms with Crippen LogP contribution in [0.15, 0.2) is 54.6 Å². The third-order valence-corrected chi connectivity index (χ3v) is 3.95. The Bertz CT molecular complexity index is 756. The van der Waals surface area contributed by atoms with Gasteiger partial charge in [-0.15, -0.1) is 0 Å². The van der Waals surface area contributed by atoms with Crippen molar-refractivity contribution in [3.8, 4) is 0 Å². The van der Waals surface area contributed by atoms with Gasteiger partial charge in [-0.25, -0.2) is 0 Å². The number of carbonyl (C=O) groups excluding carboxylic acids is 2. The Morgan fingerprint density at radius 2 is 1.75 bits per heavy atom. The van der Waals surface area contributed by atoms with E-state index in [0.29, 0.717) is 5.69 Å². The second-order valence-corrected chi connectivity index (χ2v) is 6.30. The summed E-state index contributed by atoms with van der Waals surface area (Å²) in [4.78, 5) is 26.4. The van der Waals surface area contributed by atoms with Gasteiger partial charge in [-0.1, -0.05) is 42.5 Å². The van der Waals surface area contributed by atoms with E-state index < -0.39 is 11.5 Å². The van der Waals surface area contributed by atoms with E-state index in [2.05, 4.69) is 5.32 Å². The summed E-state index contributed by atoms with van der Waals surface area (Å²) in [5, 5.41) is 3.20. The average Bonchev–Trinajstić information content (AvgIpc) is 2.58. The Morgan fingerprint density at radius 1 is 1.08 bits per heavy atom. The van der Waals surface area contributed by atoms with Crippen LogP contribution in [-0.2, 0) is 20.9 Å². The smallest absolute Gasteiger partial charge is 0.326 e. The molecule has 0 aliphatic carbocycles. The van der Waals surface area contributed by atoms with Crippen LogP contribution in [-0.4, -0.2) is 24.0 Å². The Kier molecular flexibility index (Phi) is 4.25. The minimum atomic E-state index is -0.770. The molecule has 0 saturated carbocycles. The molecule has 24 heavy (non-hydrogen) atoms. The van der Waals surface area contributed by atoms with E-state index in [1.54, 1.807) is 13.8 Å². The number of anilines is 2. The van der Waals surface area contributed by atoms with Gasteiger partial charge in [0.25, 0.3) is 5.91 Å². The average molecular weight is 324 g/mol.